The van der Waals surface area contributed by atoms with Crippen molar-refractivity contribution in [1.29, 1.82) is 0 Å². The van der Waals surface area contributed by atoms with Crippen molar-refractivity contribution in [2.24, 2.45) is 0 Å². The van der Waals surface area contributed by atoms with Gasteiger partial charge in [0.25, 0.3) is 0 Å². The molecule has 0 spiro atoms. The van der Waals surface area contributed by atoms with Crippen molar-refractivity contribution in [2.45, 2.75) is 16.6 Å². The van der Waals surface area contributed by atoms with Crippen molar-refractivity contribution in [3.05, 3.63) is 30.1 Å². The Kier molecular flexibility index (Phi) is 2.75. The maximum Gasteiger partial charge on any atom is 0.183 e. The normalized spacial score (nSPS) is 21.8. The van der Waals surface area contributed by atoms with Crippen molar-refractivity contribution < 1.29 is 17.5 Å². The second-order valence-electron chi connectivity index (χ2n) is 3.49. The van der Waals surface area contributed by atoms with Gasteiger partial charge < -0.3 is 4.74 Å². The summed E-state index contributed by atoms with van der Waals surface area (Å²) in [4.78, 5) is 0.0398. The number of hydrogen-bond acceptors (Lipinski definition) is 3. The molecule has 1 aliphatic heterocycles. The summed E-state index contributed by atoms with van der Waals surface area (Å²) < 4.78 is 41.8. The first kappa shape index (κ1) is 10.6. The highest BCUT2D eigenvalue weighted by Crippen LogP contribution is 2.22. The number of hydrogen-bond donors (Lipinski definition) is 0. The molecule has 0 aliphatic carbocycles. The monoisotopic (exact) mass is 230 g/mol. The lowest BCUT2D eigenvalue weighted by atomic mass is 10.3. The summed E-state index contributed by atoms with van der Waals surface area (Å²) in [6, 6.07) is 5.09. The molecule has 0 N–H and O–H groups in total. The average Bonchev–Trinajstić information content (AvgIpc) is 2.71. The SMILES string of the molecule is O=S(=O)(c1cccc(F)c1)C1CCOC1. The lowest BCUT2D eigenvalue weighted by Gasteiger charge is -2.09. The summed E-state index contributed by atoms with van der Waals surface area (Å²) in [5, 5.41) is -0.528. The zero-order valence-electron chi connectivity index (χ0n) is 8.02. The number of benzene rings is 1. The Morgan fingerprint density at radius 2 is 2.20 bits per heavy atom. The molecular formula is C10H11FO3S. The first-order chi connectivity index (χ1) is 7.10. The van der Waals surface area contributed by atoms with Gasteiger partial charge in [-0.1, -0.05) is 6.07 Å². The molecule has 1 aromatic rings. The van der Waals surface area contributed by atoms with Crippen LogP contribution in [0.3, 0.4) is 0 Å². The van der Waals surface area contributed by atoms with Crippen LogP contribution in [-0.4, -0.2) is 26.9 Å². The van der Waals surface area contributed by atoms with Crippen LogP contribution in [0.5, 0.6) is 0 Å². The Hall–Kier alpha value is -0.940. The fourth-order valence-electron chi connectivity index (χ4n) is 1.59. The van der Waals surface area contributed by atoms with E-state index in [1.807, 2.05) is 0 Å². The van der Waals surface area contributed by atoms with E-state index in [-0.39, 0.29) is 11.5 Å². The highest BCUT2D eigenvalue weighted by atomic mass is 32.2. The Labute approximate surface area is 87.8 Å². The first-order valence-corrected chi connectivity index (χ1v) is 6.22. The van der Waals surface area contributed by atoms with E-state index in [0.717, 1.165) is 6.07 Å². The fourth-order valence-corrected chi connectivity index (χ4v) is 3.21. The third-order valence-corrected chi connectivity index (χ3v) is 4.61. The van der Waals surface area contributed by atoms with Crippen LogP contribution in [-0.2, 0) is 14.6 Å². The van der Waals surface area contributed by atoms with Crippen LogP contribution >= 0.6 is 0 Å². The number of rotatable bonds is 2. The highest BCUT2D eigenvalue weighted by Gasteiger charge is 2.31. The predicted octanol–water partition coefficient (Wildman–Crippen LogP) is 1.39. The summed E-state index contributed by atoms with van der Waals surface area (Å²) in [5.41, 5.74) is 0. The lowest BCUT2D eigenvalue weighted by molar-refractivity contribution is 0.198. The van der Waals surface area contributed by atoms with E-state index in [2.05, 4.69) is 0 Å². The van der Waals surface area contributed by atoms with E-state index in [4.69, 9.17) is 4.74 Å². The molecule has 1 heterocycles. The molecule has 82 valence electrons. The third-order valence-electron chi connectivity index (χ3n) is 2.45. The molecule has 1 aliphatic rings. The smallest absolute Gasteiger partial charge is 0.183 e. The van der Waals surface area contributed by atoms with Crippen LogP contribution in [0.25, 0.3) is 0 Å². The molecule has 0 saturated carbocycles. The molecule has 0 amide bonds. The predicted molar refractivity (Wildman–Crippen MR) is 52.8 cm³/mol. The van der Waals surface area contributed by atoms with E-state index in [0.29, 0.717) is 13.0 Å². The number of ether oxygens (including phenoxy) is 1. The molecule has 1 saturated heterocycles. The van der Waals surface area contributed by atoms with Gasteiger partial charge in [0, 0.05) is 6.61 Å². The molecule has 1 fully saturated rings. The molecule has 0 radical (unpaired) electrons. The molecule has 0 bridgehead atoms. The minimum Gasteiger partial charge on any atom is -0.380 e. The molecule has 2 rings (SSSR count). The van der Waals surface area contributed by atoms with Crippen molar-refractivity contribution in [3.63, 3.8) is 0 Å². The van der Waals surface area contributed by atoms with Crippen LogP contribution in [0.15, 0.2) is 29.2 Å². The Balaban J connectivity index is 2.36. The molecule has 3 nitrogen and oxygen atoms in total. The summed E-state index contributed by atoms with van der Waals surface area (Å²) in [7, 11) is -3.43. The third kappa shape index (κ3) is 2.03. The second-order valence-corrected chi connectivity index (χ2v) is 5.72. The van der Waals surface area contributed by atoms with E-state index in [1.165, 1.54) is 18.2 Å². The van der Waals surface area contributed by atoms with E-state index < -0.39 is 20.9 Å². The topological polar surface area (TPSA) is 43.4 Å². The maximum atomic E-state index is 12.9. The minimum atomic E-state index is -3.43. The molecule has 1 unspecified atom stereocenters. The minimum absolute atomic E-state index is 0.0398. The van der Waals surface area contributed by atoms with Gasteiger partial charge in [-0.3, -0.25) is 0 Å². The van der Waals surface area contributed by atoms with Crippen molar-refractivity contribution in [1.82, 2.24) is 0 Å². The van der Waals surface area contributed by atoms with Gasteiger partial charge in [-0.2, -0.15) is 0 Å². The van der Waals surface area contributed by atoms with Crippen molar-refractivity contribution in [3.8, 4) is 0 Å². The van der Waals surface area contributed by atoms with Crippen LogP contribution in [0.4, 0.5) is 4.39 Å². The molecule has 0 aromatic heterocycles. The summed E-state index contributed by atoms with van der Waals surface area (Å²) in [6.45, 7) is 0.665. The summed E-state index contributed by atoms with van der Waals surface area (Å²) in [5.74, 6) is -0.532. The van der Waals surface area contributed by atoms with Crippen LogP contribution in [0, 0.1) is 5.82 Å². The summed E-state index contributed by atoms with van der Waals surface area (Å²) in [6.07, 6.45) is 0.485. The molecule has 1 atom stereocenters. The van der Waals surface area contributed by atoms with Gasteiger partial charge in [-0.05, 0) is 24.6 Å². The Morgan fingerprint density at radius 3 is 2.80 bits per heavy atom. The van der Waals surface area contributed by atoms with E-state index in [1.54, 1.807) is 0 Å². The van der Waals surface area contributed by atoms with E-state index >= 15 is 0 Å². The van der Waals surface area contributed by atoms with Crippen LogP contribution in [0.1, 0.15) is 6.42 Å². The quantitative estimate of drug-likeness (QED) is 0.771. The number of sulfone groups is 1. The van der Waals surface area contributed by atoms with E-state index in [9.17, 15) is 12.8 Å². The van der Waals surface area contributed by atoms with Crippen molar-refractivity contribution in [2.75, 3.05) is 13.2 Å². The van der Waals surface area contributed by atoms with Crippen LogP contribution in [0.2, 0.25) is 0 Å². The van der Waals surface area contributed by atoms with Gasteiger partial charge in [0.05, 0.1) is 16.8 Å². The van der Waals surface area contributed by atoms with Gasteiger partial charge in [0.15, 0.2) is 9.84 Å². The number of halogens is 1. The van der Waals surface area contributed by atoms with Gasteiger partial charge in [0.1, 0.15) is 5.82 Å². The first-order valence-electron chi connectivity index (χ1n) is 4.68. The second kappa shape index (κ2) is 3.90. The largest absolute Gasteiger partial charge is 0.380 e. The zero-order chi connectivity index (χ0) is 10.9. The van der Waals surface area contributed by atoms with Crippen molar-refractivity contribution >= 4 is 9.84 Å². The Bertz CT molecular complexity index is 449. The average molecular weight is 230 g/mol. The highest BCUT2D eigenvalue weighted by molar-refractivity contribution is 7.92. The molecular weight excluding hydrogens is 219 g/mol. The molecule has 15 heavy (non-hydrogen) atoms. The zero-order valence-corrected chi connectivity index (χ0v) is 8.84. The van der Waals surface area contributed by atoms with Gasteiger partial charge in [-0.15, -0.1) is 0 Å². The van der Waals surface area contributed by atoms with Gasteiger partial charge in [-0.25, -0.2) is 12.8 Å². The summed E-state index contributed by atoms with van der Waals surface area (Å²) >= 11 is 0. The Morgan fingerprint density at radius 1 is 1.40 bits per heavy atom. The van der Waals surface area contributed by atoms with Crippen LogP contribution < -0.4 is 0 Å². The van der Waals surface area contributed by atoms with Gasteiger partial charge >= 0.3 is 0 Å². The fraction of sp³-hybridized carbons (Fsp3) is 0.400. The lowest BCUT2D eigenvalue weighted by Crippen LogP contribution is -2.21. The molecule has 1 aromatic carbocycles. The van der Waals surface area contributed by atoms with Gasteiger partial charge in [0.2, 0.25) is 0 Å². The standard InChI is InChI=1S/C10H11FO3S/c11-8-2-1-3-9(6-8)15(12,13)10-4-5-14-7-10/h1-3,6,10H,4-5,7H2. The maximum absolute atomic E-state index is 12.9. The molecule has 5 heteroatoms.